The van der Waals surface area contributed by atoms with Crippen molar-refractivity contribution < 1.29 is 42.0 Å². The van der Waals surface area contributed by atoms with E-state index in [9.17, 15) is 23.1 Å². The lowest BCUT2D eigenvalue weighted by molar-refractivity contribution is -0.274. The first-order chi connectivity index (χ1) is 16.3. The molecule has 0 amide bonds. The highest BCUT2D eigenvalue weighted by molar-refractivity contribution is 5.77. The summed E-state index contributed by atoms with van der Waals surface area (Å²) in [5.41, 5.74) is 1.08. The predicted molar refractivity (Wildman–Crippen MR) is 120 cm³/mol. The van der Waals surface area contributed by atoms with Crippen molar-refractivity contribution in [3.8, 4) is 34.3 Å². The fraction of sp³-hybridized carbons (Fsp3) is 0.333. The number of benzene rings is 2. The van der Waals surface area contributed by atoms with Crippen LogP contribution in [0.4, 0.5) is 13.2 Å². The number of halogens is 3. The van der Waals surface area contributed by atoms with Gasteiger partial charge >= 0.3 is 12.3 Å². The van der Waals surface area contributed by atoms with E-state index >= 15 is 0 Å². The van der Waals surface area contributed by atoms with Crippen LogP contribution in [-0.4, -0.2) is 39.9 Å². The van der Waals surface area contributed by atoms with Crippen LogP contribution < -0.4 is 18.9 Å². The van der Waals surface area contributed by atoms with Gasteiger partial charge in [0.05, 0.1) is 18.5 Å². The first-order valence-corrected chi connectivity index (χ1v) is 10.4. The van der Waals surface area contributed by atoms with Crippen LogP contribution in [0.2, 0.25) is 0 Å². The van der Waals surface area contributed by atoms with Crippen LogP contribution in [0.1, 0.15) is 25.1 Å². The number of alkyl halides is 3. The van der Waals surface area contributed by atoms with E-state index in [0.717, 1.165) is 0 Å². The quantitative estimate of drug-likeness (QED) is 0.441. The van der Waals surface area contributed by atoms with Crippen LogP contribution in [0.3, 0.4) is 0 Å². The number of aliphatic carboxylic acids is 1. The van der Waals surface area contributed by atoms with Crippen molar-refractivity contribution in [1.82, 2.24) is 9.78 Å². The van der Waals surface area contributed by atoms with Crippen molar-refractivity contribution in [2.45, 2.75) is 39.3 Å². The fourth-order valence-corrected chi connectivity index (χ4v) is 3.10. The molecule has 188 valence electrons. The molecule has 0 aliphatic carbocycles. The molecule has 3 aromatic rings. The van der Waals surface area contributed by atoms with Crippen molar-refractivity contribution in [3.63, 3.8) is 0 Å². The molecule has 0 radical (unpaired) electrons. The van der Waals surface area contributed by atoms with E-state index in [-0.39, 0.29) is 12.4 Å². The molecule has 0 saturated heterocycles. The van der Waals surface area contributed by atoms with E-state index in [2.05, 4.69) is 9.84 Å². The van der Waals surface area contributed by atoms with Crippen LogP contribution >= 0.6 is 0 Å². The summed E-state index contributed by atoms with van der Waals surface area (Å²) >= 11 is 0. The number of nitrogens with zero attached hydrogens (tertiary/aromatic N) is 2. The second-order valence-electron chi connectivity index (χ2n) is 8.19. The van der Waals surface area contributed by atoms with Gasteiger partial charge in [-0.15, -0.1) is 13.2 Å². The van der Waals surface area contributed by atoms with Gasteiger partial charge in [0.1, 0.15) is 18.1 Å². The van der Waals surface area contributed by atoms with Crippen LogP contribution in [0.15, 0.2) is 42.5 Å². The molecule has 1 heterocycles. The molecule has 35 heavy (non-hydrogen) atoms. The molecule has 0 aliphatic rings. The zero-order valence-corrected chi connectivity index (χ0v) is 19.8. The third kappa shape index (κ3) is 6.37. The molecule has 0 bridgehead atoms. The Morgan fingerprint density at radius 1 is 1.03 bits per heavy atom. The Morgan fingerprint density at radius 2 is 1.69 bits per heavy atom. The first kappa shape index (κ1) is 25.7. The van der Waals surface area contributed by atoms with Gasteiger partial charge < -0.3 is 24.1 Å². The standard InChI is InChI=1S/C24H25F3N2O6/c1-14-10-21(20(32-5)12-19(14)35-23(2,3)22(30)31)33-13-16-11-18(28-29(16)4)15-6-8-17(9-7-15)34-24(25,26)27/h6-12H,13H2,1-5H3,(H,30,31). The minimum atomic E-state index is -4.76. The maximum atomic E-state index is 12.4. The summed E-state index contributed by atoms with van der Waals surface area (Å²) in [4.78, 5) is 11.4. The topological polar surface area (TPSA) is 92.0 Å². The van der Waals surface area contributed by atoms with Gasteiger partial charge in [-0.1, -0.05) is 0 Å². The highest BCUT2D eigenvalue weighted by Crippen LogP contribution is 2.36. The average Bonchev–Trinajstić information content (AvgIpc) is 3.13. The van der Waals surface area contributed by atoms with Crippen molar-refractivity contribution in [2.24, 2.45) is 7.05 Å². The number of carboxylic acid groups (broad SMARTS) is 1. The van der Waals surface area contributed by atoms with E-state index in [1.165, 1.54) is 45.2 Å². The largest absolute Gasteiger partial charge is 0.573 e. The van der Waals surface area contributed by atoms with Crippen molar-refractivity contribution >= 4 is 5.97 Å². The number of ether oxygens (including phenoxy) is 4. The maximum absolute atomic E-state index is 12.4. The number of methoxy groups -OCH3 is 1. The fourth-order valence-electron chi connectivity index (χ4n) is 3.10. The molecule has 0 atom stereocenters. The molecule has 0 fully saturated rings. The number of aromatic nitrogens is 2. The molecule has 1 N–H and O–H groups in total. The third-order valence-corrected chi connectivity index (χ3v) is 5.08. The summed E-state index contributed by atoms with van der Waals surface area (Å²) in [7, 11) is 3.18. The van der Waals surface area contributed by atoms with Gasteiger partial charge in [-0.25, -0.2) is 4.79 Å². The van der Waals surface area contributed by atoms with Gasteiger partial charge in [-0.05, 0) is 62.7 Å². The zero-order chi connectivity index (χ0) is 26.0. The lowest BCUT2D eigenvalue weighted by atomic mass is 10.1. The zero-order valence-electron chi connectivity index (χ0n) is 19.8. The number of aryl methyl sites for hydroxylation is 2. The lowest BCUT2D eigenvalue weighted by Gasteiger charge is -2.23. The summed E-state index contributed by atoms with van der Waals surface area (Å²) in [5, 5.41) is 13.7. The molecular formula is C24H25F3N2O6. The molecule has 11 heteroatoms. The Balaban J connectivity index is 1.75. The highest BCUT2D eigenvalue weighted by Gasteiger charge is 2.31. The van der Waals surface area contributed by atoms with Gasteiger partial charge in [-0.3, -0.25) is 4.68 Å². The normalized spacial score (nSPS) is 11.8. The Hall–Kier alpha value is -3.89. The minimum absolute atomic E-state index is 0.120. The van der Waals surface area contributed by atoms with Crippen molar-refractivity contribution in [3.05, 3.63) is 53.7 Å². The summed E-state index contributed by atoms with van der Waals surface area (Å²) < 4.78 is 59.5. The number of carboxylic acids is 1. The molecule has 0 saturated carbocycles. The minimum Gasteiger partial charge on any atom is -0.493 e. The van der Waals surface area contributed by atoms with E-state index in [1.54, 1.807) is 36.9 Å². The monoisotopic (exact) mass is 494 g/mol. The van der Waals surface area contributed by atoms with Crippen LogP contribution in [-0.2, 0) is 18.4 Å². The van der Waals surface area contributed by atoms with Gasteiger partial charge in [0.2, 0.25) is 0 Å². The number of carbonyl (C=O) groups is 1. The van der Waals surface area contributed by atoms with Gasteiger partial charge in [-0.2, -0.15) is 5.10 Å². The molecule has 0 spiro atoms. The molecule has 0 unspecified atom stereocenters. The molecule has 8 nitrogen and oxygen atoms in total. The molecular weight excluding hydrogens is 469 g/mol. The summed E-state index contributed by atoms with van der Waals surface area (Å²) in [6.07, 6.45) is -4.76. The Labute approximate surface area is 199 Å². The van der Waals surface area contributed by atoms with E-state index in [0.29, 0.717) is 39.8 Å². The Morgan fingerprint density at radius 3 is 2.26 bits per heavy atom. The smallest absolute Gasteiger partial charge is 0.493 e. The van der Waals surface area contributed by atoms with Crippen LogP contribution in [0, 0.1) is 6.92 Å². The summed E-state index contributed by atoms with van der Waals surface area (Å²) in [5.74, 6) is -0.299. The highest BCUT2D eigenvalue weighted by atomic mass is 19.4. The van der Waals surface area contributed by atoms with Gasteiger partial charge in [0.15, 0.2) is 17.1 Å². The molecule has 1 aromatic heterocycles. The van der Waals surface area contributed by atoms with Crippen molar-refractivity contribution in [1.29, 1.82) is 0 Å². The molecule has 2 aromatic carbocycles. The summed E-state index contributed by atoms with van der Waals surface area (Å²) in [6.45, 7) is 4.77. The van der Waals surface area contributed by atoms with Crippen LogP contribution in [0.5, 0.6) is 23.0 Å². The van der Waals surface area contributed by atoms with E-state index < -0.39 is 17.9 Å². The van der Waals surface area contributed by atoms with Crippen molar-refractivity contribution in [2.75, 3.05) is 7.11 Å². The lowest BCUT2D eigenvalue weighted by Crippen LogP contribution is -2.38. The SMILES string of the molecule is COc1cc(OC(C)(C)C(=O)O)c(C)cc1OCc1cc(-c2ccc(OC(F)(F)F)cc2)nn1C. The second-order valence-corrected chi connectivity index (χ2v) is 8.19. The van der Waals surface area contributed by atoms with E-state index in [4.69, 9.17) is 14.2 Å². The number of rotatable bonds is 9. The average molecular weight is 494 g/mol. The first-order valence-electron chi connectivity index (χ1n) is 10.4. The van der Waals surface area contributed by atoms with Gasteiger partial charge in [0, 0.05) is 18.7 Å². The molecule has 3 rings (SSSR count). The predicted octanol–water partition coefficient (Wildman–Crippen LogP) is 5.12. The second kappa shape index (κ2) is 9.77. The Bertz CT molecular complexity index is 1200. The number of hydrogen-bond acceptors (Lipinski definition) is 6. The number of hydrogen-bond donors (Lipinski definition) is 1. The summed E-state index contributed by atoms with van der Waals surface area (Å²) in [6, 6.07) is 10.4. The van der Waals surface area contributed by atoms with E-state index in [1.807, 2.05) is 0 Å². The third-order valence-electron chi connectivity index (χ3n) is 5.08. The maximum Gasteiger partial charge on any atom is 0.573 e. The Kier molecular flexibility index (Phi) is 7.18. The van der Waals surface area contributed by atoms with Crippen LogP contribution in [0.25, 0.3) is 11.3 Å². The van der Waals surface area contributed by atoms with Gasteiger partial charge in [0.25, 0.3) is 0 Å². The molecule has 0 aliphatic heterocycles.